The molecule has 3 aromatic rings. The van der Waals surface area contributed by atoms with Crippen molar-refractivity contribution in [1.29, 1.82) is 0 Å². The largest absolute Gasteiger partial charge is 0.329 e. The van der Waals surface area contributed by atoms with Gasteiger partial charge in [-0.25, -0.2) is 9.97 Å². The summed E-state index contributed by atoms with van der Waals surface area (Å²) in [5, 5.41) is 1.66. The standard InChI is InChI=1S/C19H18N4O2S2/c24-17(12-11-20-19-23(18(12)25)9-10-26-19)22-8-4-3-6-14(22)16-21-13-5-1-2-7-15(13)27-16/h1-2,5,7,11,14H,3-4,6,8-10H2/t14-/m0/s1. The van der Waals surface area contributed by atoms with E-state index in [9.17, 15) is 9.59 Å². The Morgan fingerprint density at radius 1 is 1.19 bits per heavy atom. The fourth-order valence-electron chi connectivity index (χ4n) is 3.78. The molecule has 2 aliphatic heterocycles. The zero-order chi connectivity index (χ0) is 18.4. The van der Waals surface area contributed by atoms with Crippen molar-refractivity contribution < 1.29 is 4.79 Å². The lowest BCUT2D eigenvalue weighted by molar-refractivity contribution is 0.0608. The summed E-state index contributed by atoms with van der Waals surface area (Å²) >= 11 is 3.19. The second-order valence-corrected chi connectivity index (χ2v) is 8.91. The number of thiazole rings is 1. The molecule has 6 nitrogen and oxygen atoms in total. The van der Waals surface area contributed by atoms with Gasteiger partial charge in [0.2, 0.25) is 0 Å². The van der Waals surface area contributed by atoms with Gasteiger partial charge in [-0.2, -0.15) is 0 Å². The summed E-state index contributed by atoms with van der Waals surface area (Å²) in [6.07, 6.45) is 4.34. The average molecular weight is 399 g/mol. The number of nitrogens with zero attached hydrogens (tertiary/aromatic N) is 4. The number of amides is 1. The van der Waals surface area contributed by atoms with Gasteiger partial charge in [-0.3, -0.25) is 14.2 Å². The number of para-hydroxylation sites is 1. The molecule has 0 aliphatic carbocycles. The zero-order valence-corrected chi connectivity index (χ0v) is 16.3. The summed E-state index contributed by atoms with van der Waals surface area (Å²) in [6, 6.07) is 7.96. The number of fused-ring (bicyclic) bond motifs is 2. The van der Waals surface area contributed by atoms with Crippen molar-refractivity contribution in [3.63, 3.8) is 0 Å². The van der Waals surface area contributed by atoms with E-state index in [1.165, 1.54) is 6.20 Å². The number of likely N-dealkylation sites (tertiary alicyclic amines) is 1. The van der Waals surface area contributed by atoms with Gasteiger partial charge < -0.3 is 4.90 Å². The van der Waals surface area contributed by atoms with Crippen molar-refractivity contribution in [1.82, 2.24) is 19.4 Å². The molecule has 0 radical (unpaired) electrons. The topological polar surface area (TPSA) is 68.1 Å². The third kappa shape index (κ3) is 2.87. The van der Waals surface area contributed by atoms with Gasteiger partial charge in [-0.1, -0.05) is 23.9 Å². The molecule has 1 amide bonds. The fourth-order valence-corrected chi connectivity index (χ4v) is 5.81. The Morgan fingerprint density at radius 2 is 2.07 bits per heavy atom. The number of hydrogen-bond acceptors (Lipinski definition) is 6. The number of hydrogen-bond donors (Lipinski definition) is 0. The minimum absolute atomic E-state index is 0.0734. The molecule has 2 aliphatic rings. The summed E-state index contributed by atoms with van der Waals surface area (Å²) in [7, 11) is 0. The summed E-state index contributed by atoms with van der Waals surface area (Å²) in [5.74, 6) is 0.612. The molecule has 138 valence electrons. The minimum Gasteiger partial charge on any atom is -0.329 e. The molecule has 0 spiro atoms. The first-order valence-electron chi connectivity index (χ1n) is 9.11. The monoisotopic (exact) mass is 398 g/mol. The van der Waals surface area contributed by atoms with E-state index in [0.717, 1.165) is 40.2 Å². The Balaban J connectivity index is 1.52. The van der Waals surface area contributed by atoms with Crippen molar-refractivity contribution in [3.8, 4) is 0 Å². The molecule has 0 bridgehead atoms. The van der Waals surface area contributed by atoms with Crippen LogP contribution >= 0.6 is 23.1 Å². The van der Waals surface area contributed by atoms with Crippen molar-refractivity contribution in [2.24, 2.45) is 0 Å². The second-order valence-electron chi connectivity index (χ2n) is 6.79. The van der Waals surface area contributed by atoms with E-state index in [2.05, 4.69) is 11.1 Å². The zero-order valence-electron chi connectivity index (χ0n) is 14.6. The van der Waals surface area contributed by atoms with Gasteiger partial charge in [0, 0.05) is 25.0 Å². The summed E-state index contributed by atoms with van der Waals surface area (Å²) in [5.41, 5.74) is 0.921. The van der Waals surface area contributed by atoms with E-state index in [1.807, 2.05) is 23.1 Å². The first-order valence-corrected chi connectivity index (χ1v) is 10.9. The molecule has 8 heteroatoms. The first-order chi connectivity index (χ1) is 13.2. The van der Waals surface area contributed by atoms with Crippen LogP contribution in [-0.4, -0.2) is 37.6 Å². The quantitative estimate of drug-likeness (QED) is 0.620. The molecule has 0 saturated carbocycles. The Labute approximate surface area is 164 Å². The average Bonchev–Trinajstić information content (AvgIpc) is 3.35. The van der Waals surface area contributed by atoms with Crippen LogP contribution in [0.25, 0.3) is 10.2 Å². The Kier molecular flexibility index (Phi) is 4.24. The van der Waals surface area contributed by atoms with Gasteiger partial charge in [0.1, 0.15) is 10.6 Å². The molecule has 1 atom stereocenters. The summed E-state index contributed by atoms with van der Waals surface area (Å²) < 4.78 is 2.75. The van der Waals surface area contributed by atoms with Crippen molar-refractivity contribution in [2.45, 2.75) is 37.0 Å². The maximum absolute atomic E-state index is 13.3. The van der Waals surface area contributed by atoms with E-state index in [4.69, 9.17) is 4.98 Å². The third-order valence-electron chi connectivity index (χ3n) is 5.15. The highest BCUT2D eigenvalue weighted by molar-refractivity contribution is 7.99. The van der Waals surface area contributed by atoms with Gasteiger partial charge in [0.25, 0.3) is 11.5 Å². The van der Waals surface area contributed by atoms with Crippen LogP contribution in [-0.2, 0) is 6.54 Å². The molecule has 27 heavy (non-hydrogen) atoms. The lowest BCUT2D eigenvalue weighted by atomic mass is 10.0. The molecule has 1 fully saturated rings. The SMILES string of the molecule is O=C(c1cnc2n(c1=O)CCS2)N1CCCC[C@H]1c1nc2ccccc2s1. The van der Waals surface area contributed by atoms with E-state index in [0.29, 0.717) is 18.2 Å². The van der Waals surface area contributed by atoms with Crippen molar-refractivity contribution >= 4 is 39.2 Å². The van der Waals surface area contributed by atoms with Crippen LogP contribution in [0, 0.1) is 0 Å². The minimum atomic E-state index is -0.219. The number of piperidine rings is 1. The second kappa shape index (κ2) is 6.76. The molecule has 4 heterocycles. The highest BCUT2D eigenvalue weighted by Gasteiger charge is 2.33. The number of aromatic nitrogens is 3. The smallest absolute Gasteiger partial charge is 0.267 e. The van der Waals surface area contributed by atoms with Crippen LogP contribution in [0.3, 0.4) is 0 Å². The van der Waals surface area contributed by atoms with Crippen LogP contribution in [0.4, 0.5) is 0 Å². The van der Waals surface area contributed by atoms with Crippen LogP contribution in [0.15, 0.2) is 40.4 Å². The van der Waals surface area contributed by atoms with Gasteiger partial charge in [0.15, 0.2) is 5.16 Å². The van der Waals surface area contributed by atoms with E-state index in [1.54, 1.807) is 27.7 Å². The first kappa shape index (κ1) is 16.9. The van der Waals surface area contributed by atoms with E-state index < -0.39 is 0 Å². The number of benzene rings is 1. The molecule has 1 aromatic carbocycles. The molecular weight excluding hydrogens is 380 g/mol. The highest BCUT2D eigenvalue weighted by atomic mass is 32.2. The molecular formula is C19H18N4O2S2. The maximum Gasteiger partial charge on any atom is 0.267 e. The molecule has 0 unspecified atom stereocenters. The molecule has 5 rings (SSSR count). The lowest BCUT2D eigenvalue weighted by Crippen LogP contribution is -2.41. The normalized spacial score (nSPS) is 19.4. The maximum atomic E-state index is 13.3. The Bertz CT molecular complexity index is 1060. The van der Waals surface area contributed by atoms with Crippen LogP contribution in [0.2, 0.25) is 0 Å². The third-order valence-corrected chi connectivity index (χ3v) is 7.25. The van der Waals surface area contributed by atoms with Gasteiger partial charge in [-0.15, -0.1) is 11.3 Å². The van der Waals surface area contributed by atoms with Crippen LogP contribution in [0.1, 0.15) is 40.7 Å². The molecule has 1 saturated heterocycles. The van der Waals surface area contributed by atoms with Gasteiger partial charge in [-0.05, 0) is 31.4 Å². The highest BCUT2D eigenvalue weighted by Crippen LogP contribution is 2.36. The Hall–Kier alpha value is -2.19. The summed E-state index contributed by atoms with van der Waals surface area (Å²) in [6.45, 7) is 1.27. The van der Waals surface area contributed by atoms with Gasteiger partial charge >= 0.3 is 0 Å². The van der Waals surface area contributed by atoms with Crippen molar-refractivity contribution in [3.05, 3.63) is 51.4 Å². The lowest BCUT2D eigenvalue weighted by Gasteiger charge is -2.34. The number of thioether (sulfide) groups is 1. The van der Waals surface area contributed by atoms with Crippen LogP contribution < -0.4 is 5.56 Å². The molecule has 2 aromatic heterocycles. The predicted octanol–water partition coefficient (Wildman–Crippen LogP) is 3.33. The number of rotatable bonds is 2. The van der Waals surface area contributed by atoms with Crippen LogP contribution in [0.5, 0.6) is 0 Å². The van der Waals surface area contributed by atoms with E-state index in [-0.39, 0.29) is 23.1 Å². The summed E-state index contributed by atoms with van der Waals surface area (Å²) in [4.78, 5) is 37.0. The van der Waals surface area contributed by atoms with Gasteiger partial charge in [0.05, 0.1) is 16.3 Å². The van der Waals surface area contributed by atoms with Crippen molar-refractivity contribution in [2.75, 3.05) is 12.3 Å². The fraction of sp³-hybridized carbons (Fsp3) is 0.368. The molecule has 0 N–H and O–H groups in total. The predicted molar refractivity (Wildman–Crippen MR) is 106 cm³/mol. The number of carbonyl (C=O) groups is 1. The Morgan fingerprint density at radius 3 is 2.96 bits per heavy atom. The number of carbonyl (C=O) groups excluding carboxylic acids is 1. The van der Waals surface area contributed by atoms with E-state index >= 15 is 0 Å².